The normalized spacial score (nSPS) is 16.7. The lowest BCUT2D eigenvalue weighted by Crippen LogP contribution is -2.30. The molecular weight excluding hydrogens is 388 g/mol. The number of anilines is 1. The number of carbonyl (C=O) groups excluding carboxylic acids is 2. The SMILES string of the molecule is CCC(=O)C1=C(O)C(=O)N(c2nc3ccc(C)cc3s2)C1c1cccc(OC)c1. The Morgan fingerprint density at radius 1 is 1.28 bits per heavy atom. The summed E-state index contributed by atoms with van der Waals surface area (Å²) in [6.45, 7) is 3.70. The van der Waals surface area contributed by atoms with Crippen LogP contribution in [-0.2, 0) is 9.59 Å². The van der Waals surface area contributed by atoms with Crippen LogP contribution in [0.2, 0.25) is 0 Å². The van der Waals surface area contributed by atoms with Crippen molar-refractivity contribution in [3.63, 3.8) is 0 Å². The molecule has 1 aliphatic rings. The summed E-state index contributed by atoms with van der Waals surface area (Å²) in [5, 5.41) is 11.0. The lowest BCUT2D eigenvalue weighted by Gasteiger charge is -2.24. The zero-order valence-electron chi connectivity index (χ0n) is 16.3. The Morgan fingerprint density at radius 3 is 2.79 bits per heavy atom. The topological polar surface area (TPSA) is 79.7 Å². The number of thiazole rings is 1. The van der Waals surface area contributed by atoms with Crippen molar-refractivity contribution in [2.24, 2.45) is 0 Å². The van der Waals surface area contributed by atoms with Crippen LogP contribution in [0.5, 0.6) is 5.75 Å². The van der Waals surface area contributed by atoms with Gasteiger partial charge in [-0.15, -0.1) is 0 Å². The minimum absolute atomic E-state index is 0.0983. The zero-order valence-corrected chi connectivity index (χ0v) is 17.1. The molecule has 0 radical (unpaired) electrons. The van der Waals surface area contributed by atoms with Crippen LogP contribution in [0, 0.1) is 6.92 Å². The van der Waals surface area contributed by atoms with Crippen LogP contribution < -0.4 is 9.64 Å². The van der Waals surface area contributed by atoms with E-state index in [1.165, 1.54) is 16.2 Å². The summed E-state index contributed by atoms with van der Waals surface area (Å²) in [6.07, 6.45) is 0.181. The number of ketones is 1. The Kier molecular flexibility index (Phi) is 4.84. The molecule has 148 valence electrons. The number of Topliss-reactive ketones (excluding diaryl/α,β-unsaturated/α-hetero) is 1. The van der Waals surface area contributed by atoms with E-state index in [2.05, 4.69) is 4.98 Å². The highest BCUT2D eigenvalue weighted by molar-refractivity contribution is 7.22. The summed E-state index contributed by atoms with van der Waals surface area (Å²) in [5.74, 6) is -0.807. The Morgan fingerprint density at radius 2 is 2.07 bits per heavy atom. The van der Waals surface area contributed by atoms with Crippen molar-refractivity contribution < 1.29 is 19.4 Å². The molecule has 1 amide bonds. The van der Waals surface area contributed by atoms with Gasteiger partial charge in [0.1, 0.15) is 5.75 Å². The van der Waals surface area contributed by atoms with Gasteiger partial charge in [-0.25, -0.2) is 4.98 Å². The third-order valence-electron chi connectivity index (χ3n) is 4.98. The number of aryl methyl sites for hydroxylation is 1. The number of ether oxygens (including phenoxy) is 1. The van der Waals surface area contributed by atoms with E-state index in [9.17, 15) is 14.7 Å². The van der Waals surface area contributed by atoms with Gasteiger partial charge < -0.3 is 9.84 Å². The highest BCUT2D eigenvalue weighted by Gasteiger charge is 2.45. The van der Waals surface area contributed by atoms with E-state index >= 15 is 0 Å². The number of benzene rings is 2. The van der Waals surface area contributed by atoms with Crippen molar-refractivity contribution in [3.05, 3.63) is 64.9 Å². The van der Waals surface area contributed by atoms with Gasteiger partial charge >= 0.3 is 0 Å². The predicted molar refractivity (Wildman–Crippen MR) is 113 cm³/mol. The molecule has 0 saturated heterocycles. The lowest BCUT2D eigenvalue weighted by molar-refractivity contribution is -0.118. The molecule has 1 aromatic heterocycles. The average Bonchev–Trinajstić information content (AvgIpc) is 3.25. The standard InChI is InChI=1S/C22H20N2O4S/c1-4-16(25)18-19(13-6-5-7-14(11-13)28-3)24(21(27)20(18)26)22-23-15-9-8-12(2)10-17(15)29-22/h5-11,19,26H,4H2,1-3H3. The number of nitrogens with zero attached hydrogens (tertiary/aromatic N) is 2. The number of carbonyl (C=O) groups is 2. The number of aromatic nitrogens is 1. The van der Waals surface area contributed by atoms with Gasteiger partial charge in [-0.2, -0.15) is 0 Å². The van der Waals surface area contributed by atoms with Gasteiger partial charge in [0.15, 0.2) is 16.7 Å². The number of aliphatic hydroxyl groups excluding tert-OH is 1. The van der Waals surface area contributed by atoms with Crippen LogP contribution in [0.3, 0.4) is 0 Å². The number of aliphatic hydroxyl groups is 1. The van der Waals surface area contributed by atoms with E-state index in [1.807, 2.05) is 31.2 Å². The van der Waals surface area contributed by atoms with Crippen LogP contribution >= 0.6 is 11.3 Å². The largest absolute Gasteiger partial charge is 0.503 e. The van der Waals surface area contributed by atoms with E-state index < -0.39 is 17.7 Å². The van der Waals surface area contributed by atoms with Crippen LogP contribution in [-0.4, -0.2) is 28.9 Å². The Hall–Kier alpha value is -3.19. The van der Waals surface area contributed by atoms with Gasteiger partial charge in [-0.3, -0.25) is 14.5 Å². The Balaban J connectivity index is 1.90. The smallest absolute Gasteiger partial charge is 0.296 e. The Bertz CT molecular complexity index is 1160. The number of fused-ring (bicyclic) bond motifs is 1. The van der Waals surface area contributed by atoms with Gasteiger partial charge in [0, 0.05) is 6.42 Å². The number of hydrogen-bond donors (Lipinski definition) is 1. The predicted octanol–water partition coefficient (Wildman–Crippen LogP) is 4.49. The Labute approximate surface area is 172 Å². The molecule has 4 rings (SSSR count). The van der Waals surface area contributed by atoms with Gasteiger partial charge in [0.05, 0.1) is 28.9 Å². The molecule has 0 bridgehead atoms. The number of rotatable bonds is 5. The summed E-state index contributed by atoms with van der Waals surface area (Å²) in [4.78, 5) is 31.7. The fraction of sp³-hybridized carbons (Fsp3) is 0.227. The second-order valence-corrected chi connectivity index (χ2v) is 7.87. The quantitative estimate of drug-likeness (QED) is 0.673. The van der Waals surface area contributed by atoms with E-state index in [1.54, 1.807) is 32.2 Å². The van der Waals surface area contributed by atoms with Crippen molar-refractivity contribution in [1.82, 2.24) is 4.98 Å². The van der Waals surface area contributed by atoms with Crippen LogP contribution in [0.25, 0.3) is 10.2 Å². The van der Waals surface area contributed by atoms with Crippen molar-refractivity contribution >= 4 is 38.4 Å². The fourth-order valence-electron chi connectivity index (χ4n) is 3.53. The van der Waals surface area contributed by atoms with Gasteiger partial charge in [-0.05, 0) is 42.3 Å². The number of hydrogen-bond acceptors (Lipinski definition) is 6. The van der Waals surface area contributed by atoms with E-state index in [0.29, 0.717) is 16.4 Å². The molecular formula is C22H20N2O4S. The molecule has 0 saturated carbocycles. The summed E-state index contributed by atoms with van der Waals surface area (Å²) in [6, 6.07) is 12.3. The molecule has 0 fully saturated rings. The maximum Gasteiger partial charge on any atom is 0.296 e. The monoisotopic (exact) mass is 408 g/mol. The van der Waals surface area contributed by atoms with Crippen LogP contribution in [0.15, 0.2) is 53.8 Å². The number of amides is 1. The van der Waals surface area contributed by atoms with Crippen LogP contribution in [0.4, 0.5) is 5.13 Å². The second-order valence-electron chi connectivity index (χ2n) is 6.86. The van der Waals surface area contributed by atoms with Gasteiger partial charge in [0.2, 0.25) is 0 Å². The van der Waals surface area contributed by atoms with Crippen molar-refractivity contribution in [3.8, 4) is 5.75 Å². The molecule has 6 nitrogen and oxygen atoms in total. The average molecular weight is 408 g/mol. The minimum Gasteiger partial charge on any atom is -0.503 e. The van der Waals surface area contributed by atoms with Gasteiger partial charge in [0.25, 0.3) is 5.91 Å². The van der Waals surface area contributed by atoms with E-state index in [4.69, 9.17) is 4.74 Å². The molecule has 2 heterocycles. The first-order valence-corrected chi connectivity index (χ1v) is 10.1. The zero-order chi connectivity index (χ0) is 20.7. The molecule has 7 heteroatoms. The van der Waals surface area contributed by atoms with Crippen molar-refractivity contribution in [2.45, 2.75) is 26.3 Å². The molecule has 29 heavy (non-hydrogen) atoms. The molecule has 1 N–H and O–H groups in total. The molecule has 0 aliphatic carbocycles. The number of methoxy groups -OCH3 is 1. The van der Waals surface area contributed by atoms with Crippen molar-refractivity contribution in [2.75, 3.05) is 12.0 Å². The van der Waals surface area contributed by atoms with Crippen LogP contribution in [0.1, 0.15) is 30.5 Å². The van der Waals surface area contributed by atoms with Gasteiger partial charge in [-0.1, -0.05) is 36.5 Å². The molecule has 2 aromatic carbocycles. The van der Waals surface area contributed by atoms with Crippen molar-refractivity contribution in [1.29, 1.82) is 0 Å². The minimum atomic E-state index is -0.758. The fourth-order valence-corrected chi connectivity index (χ4v) is 4.62. The third-order valence-corrected chi connectivity index (χ3v) is 6.00. The van der Waals surface area contributed by atoms with E-state index in [0.717, 1.165) is 15.8 Å². The summed E-state index contributed by atoms with van der Waals surface area (Å²) < 4.78 is 6.25. The second kappa shape index (κ2) is 7.33. The first kappa shape index (κ1) is 19.1. The highest BCUT2D eigenvalue weighted by Crippen LogP contribution is 2.44. The third kappa shape index (κ3) is 3.17. The first-order valence-electron chi connectivity index (χ1n) is 9.25. The maximum atomic E-state index is 13.0. The molecule has 0 spiro atoms. The molecule has 1 aliphatic heterocycles. The summed E-state index contributed by atoms with van der Waals surface area (Å²) in [5.41, 5.74) is 2.63. The molecule has 1 atom stereocenters. The summed E-state index contributed by atoms with van der Waals surface area (Å²) >= 11 is 1.36. The molecule has 3 aromatic rings. The molecule has 1 unspecified atom stereocenters. The summed E-state index contributed by atoms with van der Waals surface area (Å²) in [7, 11) is 1.55. The first-order chi connectivity index (χ1) is 13.9. The lowest BCUT2D eigenvalue weighted by atomic mass is 9.95. The maximum absolute atomic E-state index is 13.0. The van der Waals surface area contributed by atoms with E-state index in [-0.39, 0.29) is 17.8 Å². The highest BCUT2D eigenvalue weighted by atomic mass is 32.1.